The normalized spacial score (nSPS) is 13.4. The van der Waals surface area contributed by atoms with Gasteiger partial charge in [-0.2, -0.15) is 0 Å². The fraction of sp³-hybridized carbons (Fsp3) is 0.0909. The van der Waals surface area contributed by atoms with E-state index >= 15 is 0 Å². The molecule has 0 saturated carbocycles. The first-order valence-corrected chi connectivity index (χ1v) is 8.88. The highest BCUT2D eigenvalue weighted by Gasteiger charge is 2.26. The van der Waals surface area contributed by atoms with Gasteiger partial charge in [-0.05, 0) is 54.5 Å². The fourth-order valence-electron chi connectivity index (χ4n) is 3.12. The van der Waals surface area contributed by atoms with Crippen LogP contribution < -0.4 is 10.2 Å². The van der Waals surface area contributed by atoms with Gasteiger partial charge in [0.15, 0.2) is 0 Å². The minimum atomic E-state index is -0.296. The third kappa shape index (κ3) is 3.81. The molecule has 1 aliphatic heterocycles. The Labute approximate surface area is 161 Å². The van der Waals surface area contributed by atoms with E-state index in [1.54, 1.807) is 59.9 Å². The van der Waals surface area contributed by atoms with Gasteiger partial charge < -0.3 is 19.1 Å². The lowest BCUT2D eigenvalue weighted by Crippen LogP contribution is -2.28. The highest BCUT2D eigenvalue weighted by Crippen LogP contribution is 2.35. The van der Waals surface area contributed by atoms with Crippen molar-refractivity contribution in [3.8, 4) is 0 Å². The molecule has 140 valence electrons. The minimum absolute atomic E-state index is 0.164. The van der Waals surface area contributed by atoms with Gasteiger partial charge in [-0.3, -0.25) is 9.59 Å². The summed E-state index contributed by atoms with van der Waals surface area (Å²) in [4.78, 5) is 26.6. The molecule has 0 spiro atoms. The van der Waals surface area contributed by atoms with E-state index in [1.165, 1.54) is 12.2 Å². The van der Waals surface area contributed by atoms with Crippen molar-refractivity contribution >= 4 is 35.3 Å². The molecule has 2 amide bonds. The molecule has 2 aromatic heterocycles. The smallest absolute Gasteiger partial charge is 0.251 e. The topological polar surface area (TPSA) is 75.7 Å². The molecule has 1 aromatic carbocycles. The summed E-state index contributed by atoms with van der Waals surface area (Å²) in [6.45, 7) is 0.561. The Morgan fingerprint density at radius 2 is 1.64 bits per heavy atom. The van der Waals surface area contributed by atoms with Gasteiger partial charge in [-0.1, -0.05) is 12.1 Å². The molecule has 0 atom stereocenters. The maximum absolute atomic E-state index is 12.7. The first-order valence-electron chi connectivity index (χ1n) is 8.88. The van der Waals surface area contributed by atoms with Crippen LogP contribution in [-0.4, -0.2) is 18.4 Å². The van der Waals surface area contributed by atoms with Gasteiger partial charge >= 0.3 is 0 Å². The molecular weight excluding hydrogens is 356 g/mol. The summed E-state index contributed by atoms with van der Waals surface area (Å²) in [5.74, 6) is 0.740. The molecule has 0 unspecified atom stereocenters. The lowest BCUT2D eigenvalue weighted by molar-refractivity contribution is -0.114. The molecule has 0 fully saturated rings. The summed E-state index contributed by atoms with van der Waals surface area (Å²) in [5, 5.41) is 2.86. The van der Waals surface area contributed by atoms with Gasteiger partial charge in [-0.15, -0.1) is 0 Å². The van der Waals surface area contributed by atoms with Crippen LogP contribution in [0, 0.1) is 0 Å². The minimum Gasteiger partial charge on any atom is -0.465 e. The second kappa shape index (κ2) is 7.84. The van der Waals surface area contributed by atoms with Crippen molar-refractivity contribution in [2.75, 3.05) is 16.8 Å². The van der Waals surface area contributed by atoms with Crippen molar-refractivity contribution in [2.45, 2.75) is 6.42 Å². The summed E-state index contributed by atoms with van der Waals surface area (Å²) in [5.41, 5.74) is 2.35. The van der Waals surface area contributed by atoms with Crippen LogP contribution in [0.2, 0.25) is 0 Å². The highest BCUT2D eigenvalue weighted by atomic mass is 16.3. The van der Waals surface area contributed by atoms with E-state index in [-0.39, 0.29) is 11.8 Å². The Bertz CT molecular complexity index is 1030. The van der Waals surface area contributed by atoms with E-state index in [4.69, 9.17) is 8.83 Å². The average molecular weight is 374 g/mol. The number of carbonyl (C=O) groups is 2. The Hall–Kier alpha value is -3.80. The molecule has 1 N–H and O–H groups in total. The van der Waals surface area contributed by atoms with Crippen LogP contribution in [0.25, 0.3) is 12.2 Å². The first kappa shape index (κ1) is 17.6. The predicted molar refractivity (Wildman–Crippen MR) is 107 cm³/mol. The lowest BCUT2D eigenvalue weighted by atomic mass is 10.1. The number of furan rings is 2. The van der Waals surface area contributed by atoms with Crippen molar-refractivity contribution in [1.82, 2.24) is 0 Å². The fourth-order valence-corrected chi connectivity index (χ4v) is 3.12. The number of rotatable bonds is 5. The van der Waals surface area contributed by atoms with Gasteiger partial charge in [0.2, 0.25) is 5.91 Å². The number of carbonyl (C=O) groups excluding carboxylic acids is 2. The molecule has 4 rings (SSSR count). The zero-order valence-electron chi connectivity index (χ0n) is 15.0. The summed E-state index contributed by atoms with van der Waals surface area (Å²) in [6.07, 6.45) is 9.93. The predicted octanol–water partition coefficient (Wildman–Crippen LogP) is 4.13. The maximum Gasteiger partial charge on any atom is 0.251 e. The summed E-state index contributed by atoms with van der Waals surface area (Å²) in [7, 11) is 0. The first-order chi connectivity index (χ1) is 13.7. The van der Waals surface area contributed by atoms with E-state index in [9.17, 15) is 9.59 Å². The molecule has 6 nitrogen and oxygen atoms in total. The van der Waals surface area contributed by atoms with E-state index in [2.05, 4.69) is 5.32 Å². The van der Waals surface area contributed by atoms with E-state index in [0.717, 1.165) is 17.7 Å². The lowest BCUT2D eigenvalue weighted by Gasteiger charge is -2.19. The molecule has 0 bridgehead atoms. The molecular formula is C22H18N2O4. The molecule has 28 heavy (non-hydrogen) atoms. The number of hydrogen-bond donors (Lipinski definition) is 1. The summed E-state index contributed by atoms with van der Waals surface area (Å²) < 4.78 is 10.4. The Balaban J connectivity index is 1.52. The monoisotopic (exact) mass is 374 g/mol. The quantitative estimate of drug-likeness (QED) is 0.682. The van der Waals surface area contributed by atoms with Crippen LogP contribution in [0.4, 0.5) is 11.4 Å². The van der Waals surface area contributed by atoms with Gasteiger partial charge in [0.05, 0.1) is 23.9 Å². The number of nitrogens with one attached hydrogen (secondary N) is 1. The zero-order chi connectivity index (χ0) is 19.3. The summed E-state index contributed by atoms with van der Waals surface area (Å²) in [6, 6.07) is 12.7. The van der Waals surface area contributed by atoms with Crippen molar-refractivity contribution in [3.05, 3.63) is 84.2 Å². The van der Waals surface area contributed by atoms with E-state index < -0.39 is 0 Å². The molecule has 0 saturated heterocycles. The third-order valence-corrected chi connectivity index (χ3v) is 4.39. The van der Waals surface area contributed by atoms with Gasteiger partial charge in [0, 0.05) is 18.7 Å². The largest absolute Gasteiger partial charge is 0.465 e. The van der Waals surface area contributed by atoms with E-state index in [0.29, 0.717) is 23.8 Å². The number of fused-ring (bicyclic) bond motifs is 1. The molecule has 1 aliphatic rings. The third-order valence-electron chi connectivity index (χ3n) is 4.39. The standard InChI is InChI=1S/C22H18N2O4/c25-20(10-8-17-5-2-14-27-17)23-19-7-1-4-16-12-13-24(22(16)19)21(26)11-9-18-6-3-15-28-18/h1-11,14-15H,12-13H2,(H,23,25). The van der Waals surface area contributed by atoms with Crippen molar-refractivity contribution in [1.29, 1.82) is 0 Å². The van der Waals surface area contributed by atoms with E-state index in [1.807, 2.05) is 12.1 Å². The van der Waals surface area contributed by atoms with Gasteiger partial charge in [0.25, 0.3) is 5.91 Å². The zero-order valence-corrected chi connectivity index (χ0v) is 15.0. The summed E-state index contributed by atoms with van der Waals surface area (Å²) >= 11 is 0. The van der Waals surface area contributed by atoms with Gasteiger partial charge in [-0.25, -0.2) is 0 Å². The number of anilines is 2. The van der Waals surface area contributed by atoms with Crippen LogP contribution in [0.1, 0.15) is 17.1 Å². The second-order valence-electron chi connectivity index (χ2n) is 6.24. The van der Waals surface area contributed by atoms with Crippen LogP contribution in [0.3, 0.4) is 0 Å². The van der Waals surface area contributed by atoms with Crippen LogP contribution in [0.15, 0.2) is 76.0 Å². The van der Waals surface area contributed by atoms with Gasteiger partial charge in [0.1, 0.15) is 11.5 Å². The molecule has 0 aliphatic carbocycles. The second-order valence-corrected chi connectivity index (χ2v) is 6.24. The van der Waals surface area contributed by atoms with Crippen LogP contribution in [0.5, 0.6) is 0 Å². The van der Waals surface area contributed by atoms with Crippen LogP contribution in [-0.2, 0) is 16.0 Å². The Kier molecular flexibility index (Phi) is 4.93. The number of benzene rings is 1. The van der Waals surface area contributed by atoms with Crippen molar-refractivity contribution in [3.63, 3.8) is 0 Å². The Morgan fingerprint density at radius 3 is 2.32 bits per heavy atom. The molecule has 6 heteroatoms. The SMILES string of the molecule is O=C(C=Cc1ccco1)Nc1cccc2c1N(C(=O)C=Cc1ccco1)CC2. The molecule has 0 radical (unpaired) electrons. The van der Waals surface area contributed by atoms with Crippen molar-refractivity contribution in [2.24, 2.45) is 0 Å². The maximum atomic E-state index is 12.7. The number of para-hydroxylation sites is 1. The van der Waals surface area contributed by atoms with Crippen molar-refractivity contribution < 1.29 is 18.4 Å². The highest BCUT2D eigenvalue weighted by molar-refractivity contribution is 6.10. The number of hydrogen-bond acceptors (Lipinski definition) is 4. The molecule has 3 heterocycles. The van der Waals surface area contributed by atoms with Crippen LogP contribution >= 0.6 is 0 Å². The number of nitrogens with zero attached hydrogens (tertiary/aromatic N) is 1. The number of amides is 2. The average Bonchev–Trinajstić information content (AvgIpc) is 3.46. The molecule has 3 aromatic rings. The Morgan fingerprint density at radius 1 is 0.929 bits per heavy atom.